The number of nitrogens with two attached hydrogens (primary N) is 1. The molecule has 2 N–H and O–H groups in total. The van der Waals surface area contributed by atoms with E-state index < -0.39 is 0 Å². The molecule has 20 heavy (non-hydrogen) atoms. The fraction of sp³-hybridized carbons (Fsp3) is 0.412. The van der Waals surface area contributed by atoms with Crippen molar-refractivity contribution in [3.05, 3.63) is 53.9 Å². The number of hydrogen-bond acceptors (Lipinski definition) is 2. The van der Waals surface area contributed by atoms with E-state index in [4.69, 9.17) is 5.73 Å². The van der Waals surface area contributed by atoms with Gasteiger partial charge in [-0.2, -0.15) is 0 Å². The molecule has 1 aliphatic heterocycles. The number of fused-ring (bicyclic) bond motifs is 1. The Morgan fingerprint density at radius 1 is 1.35 bits per heavy atom. The molecular formula is C17H22N2S. The number of rotatable bonds is 5. The Labute approximate surface area is 125 Å². The second kappa shape index (κ2) is 6.06. The topological polar surface area (TPSA) is 30.9 Å². The molecule has 0 bridgehead atoms. The minimum absolute atomic E-state index is 0.288. The van der Waals surface area contributed by atoms with Crippen LogP contribution < -0.4 is 5.73 Å². The smallest absolute Gasteiger partial charge is 0.0345 e. The number of thioether (sulfide) groups is 1. The summed E-state index contributed by atoms with van der Waals surface area (Å²) in [4.78, 5) is 1.46. The standard InChI is InChI=1S/C17H22N2S/c1-2-15(18)9-13-7-8-19(11-13)12-16-10-14-5-3-4-6-17(14)20-16/h3-8,11,15-16H,2,9-10,12,18H2,1H3. The molecule has 0 saturated heterocycles. The first kappa shape index (κ1) is 13.8. The minimum atomic E-state index is 0.288. The Hall–Kier alpha value is -1.19. The van der Waals surface area contributed by atoms with Crippen LogP contribution in [0.25, 0.3) is 0 Å². The molecule has 0 fully saturated rings. The lowest BCUT2D eigenvalue weighted by atomic mass is 10.1. The molecule has 1 aliphatic rings. The van der Waals surface area contributed by atoms with E-state index in [1.54, 1.807) is 0 Å². The number of benzene rings is 1. The van der Waals surface area contributed by atoms with Gasteiger partial charge in [-0.3, -0.25) is 0 Å². The molecule has 0 saturated carbocycles. The first-order chi connectivity index (χ1) is 9.74. The van der Waals surface area contributed by atoms with Gasteiger partial charge >= 0.3 is 0 Å². The van der Waals surface area contributed by atoms with Crippen LogP contribution in [-0.4, -0.2) is 15.9 Å². The zero-order valence-electron chi connectivity index (χ0n) is 12.0. The second-order valence-corrected chi connectivity index (χ2v) is 6.98. The van der Waals surface area contributed by atoms with Crippen molar-refractivity contribution >= 4 is 11.8 Å². The van der Waals surface area contributed by atoms with Crippen molar-refractivity contribution in [3.8, 4) is 0 Å². The fourth-order valence-electron chi connectivity index (χ4n) is 2.76. The van der Waals surface area contributed by atoms with Crippen molar-refractivity contribution in [2.75, 3.05) is 0 Å². The van der Waals surface area contributed by atoms with Crippen molar-refractivity contribution in [2.24, 2.45) is 5.73 Å². The predicted octanol–water partition coefficient (Wildman–Crippen LogP) is 3.48. The van der Waals surface area contributed by atoms with E-state index in [1.807, 2.05) is 11.8 Å². The average molecular weight is 286 g/mol. The van der Waals surface area contributed by atoms with Crippen LogP contribution in [0, 0.1) is 0 Å². The highest BCUT2D eigenvalue weighted by Gasteiger charge is 2.21. The average Bonchev–Trinajstić information content (AvgIpc) is 3.05. The SMILES string of the molecule is CCC(N)Cc1ccn(CC2Cc3ccccc3S2)c1. The molecule has 2 atom stereocenters. The molecule has 2 heterocycles. The third kappa shape index (κ3) is 3.10. The van der Waals surface area contributed by atoms with Crippen LogP contribution in [0.5, 0.6) is 0 Å². The molecule has 106 valence electrons. The maximum absolute atomic E-state index is 6.02. The summed E-state index contributed by atoms with van der Waals surface area (Å²) in [5.74, 6) is 0. The molecule has 3 rings (SSSR count). The van der Waals surface area contributed by atoms with E-state index in [2.05, 4.69) is 54.2 Å². The van der Waals surface area contributed by atoms with E-state index >= 15 is 0 Å². The zero-order valence-corrected chi connectivity index (χ0v) is 12.8. The first-order valence-electron chi connectivity index (χ1n) is 7.39. The molecule has 3 heteroatoms. The zero-order chi connectivity index (χ0) is 13.9. The van der Waals surface area contributed by atoms with Crippen molar-refractivity contribution in [1.29, 1.82) is 0 Å². The van der Waals surface area contributed by atoms with Crippen LogP contribution in [0.3, 0.4) is 0 Å². The highest BCUT2D eigenvalue weighted by atomic mass is 32.2. The van der Waals surface area contributed by atoms with E-state index in [0.29, 0.717) is 5.25 Å². The van der Waals surface area contributed by atoms with Gasteiger partial charge in [0.15, 0.2) is 0 Å². The first-order valence-corrected chi connectivity index (χ1v) is 8.27. The summed E-state index contributed by atoms with van der Waals surface area (Å²) in [6.45, 7) is 3.23. The largest absolute Gasteiger partial charge is 0.353 e. The lowest BCUT2D eigenvalue weighted by molar-refractivity contribution is 0.638. The molecule has 2 aromatic rings. The lowest BCUT2D eigenvalue weighted by Gasteiger charge is -2.10. The van der Waals surface area contributed by atoms with Gasteiger partial charge in [0.2, 0.25) is 0 Å². The molecule has 0 radical (unpaired) electrons. The Morgan fingerprint density at radius 2 is 2.20 bits per heavy atom. The second-order valence-electron chi connectivity index (χ2n) is 5.64. The molecule has 2 unspecified atom stereocenters. The van der Waals surface area contributed by atoms with Crippen molar-refractivity contribution in [1.82, 2.24) is 4.57 Å². The summed E-state index contributed by atoms with van der Waals surface area (Å²) in [5.41, 5.74) is 8.89. The Morgan fingerprint density at radius 3 is 3.00 bits per heavy atom. The summed E-state index contributed by atoms with van der Waals surface area (Å²) in [5, 5.41) is 0.660. The van der Waals surface area contributed by atoms with Crippen LogP contribution in [-0.2, 0) is 19.4 Å². The van der Waals surface area contributed by atoms with Gasteiger partial charge in [-0.05, 0) is 42.5 Å². The normalized spacial score (nSPS) is 19.0. The van der Waals surface area contributed by atoms with Crippen molar-refractivity contribution < 1.29 is 0 Å². The maximum atomic E-state index is 6.02. The highest BCUT2D eigenvalue weighted by molar-refractivity contribution is 8.00. The summed E-state index contributed by atoms with van der Waals surface area (Å²) in [7, 11) is 0. The van der Waals surface area contributed by atoms with E-state index in [1.165, 1.54) is 22.4 Å². The van der Waals surface area contributed by atoms with Crippen molar-refractivity contribution in [3.63, 3.8) is 0 Å². The summed E-state index contributed by atoms with van der Waals surface area (Å²) in [6.07, 6.45) is 7.67. The van der Waals surface area contributed by atoms with Gasteiger partial charge in [0.1, 0.15) is 0 Å². The highest BCUT2D eigenvalue weighted by Crippen LogP contribution is 2.37. The van der Waals surface area contributed by atoms with Crippen LogP contribution in [0.2, 0.25) is 0 Å². The van der Waals surface area contributed by atoms with E-state index in [0.717, 1.165) is 19.4 Å². The minimum Gasteiger partial charge on any atom is -0.353 e. The Bertz CT molecular complexity index is 551. The van der Waals surface area contributed by atoms with Gasteiger partial charge in [0.05, 0.1) is 0 Å². The van der Waals surface area contributed by atoms with E-state index in [9.17, 15) is 0 Å². The van der Waals surface area contributed by atoms with Crippen LogP contribution in [0.1, 0.15) is 24.5 Å². The molecule has 0 amide bonds. The molecule has 2 nitrogen and oxygen atoms in total. The van der Waals surface area contributed by atoms with Crippen molar-refractivity contribution in [2.45, 2.75) is 48.9 Å². The summed E-state index contributed by atoms with van der Waals surface area (Å²) in [6, 6.07) is 11.3. The molecule has 1 aromatic carbocycles. The number of hydrogen-bond donors (Lipinski definition) is 1. The van der Waals surface area contributed by atoms with Gasteiger partial charge < -0.3 is 10.3 Å². The molecule has 0 aliphatic carbocycles. The number of aromatic nitrogens is 1. The molecule has 0 spiro atoms. The van der Waals surface area contributed by atoms with Gasteiger partial charge in [0.25, 0.3) is 0 Å². The third-order valence-electron chi connectivity index (χ3n) is 3.96. The molecule has 1 aromatic heterocycles. The third-order valence-corrected chi connectivity index (χ3v) is 5.26. The van der Waals surface area contributed by atoms with Crippen LogP contribution >= 0.6 is 11.8 Å². The number of nitrogens with zero attached hydrogens (tertiary/aromatic N) is 1. The molecular weight excluding hydrogens is 264 g/mol. The Kier molecular flexibility index (Phi) is 4.18. The van der Waals surface area contributed by atoms with E-state index in [-0.39, 0.29) is 6.04 Å². The maximum Gasteiger partial charge on any atom is 0.0345 e. The quantitative estimate of drug-likeness (QED) is 0.912. The van der Waals surface area contributed by atoms with Crippen LogP contribution in [0.4, 0.5) is 0 Å². The predicted molar refractivity (Wildman–Crippen MR) is 86.2 cm³/mol. The van der Waals surface area contributed by atoms with Gasteiger partial charge in [-0.25, -0.2) is 0 Å². The monoisotopic (exact) mass is 286 g/mol. The van der Waals surface area contributed by atoms with Gasteiger partial charge in [-0.1, -0.05) is 25.1 Å². The van der Waals surface area contributed by atoms with Crippen LogP contribution in [0.15, 0.2) is 47.6 Å². The fourth-order valence-corrected chi connectivity index (χ4v) is 4.09. The lowest BCUT2D eigenvalue weighted by Crippen LogP contribution is -2.21. The summed E-state index contributed by atoms with van der Waals surface area (Å²) < 4.78 is 2.32. The van der Waals surface area contributed by atoms with Gasteiger partial charge in [-0.15, -0.1) is 11.8 Å². The van der Waals surface area contributed by atoms with Gasteiger partial charge in [0, 0.05) is 35.1 Å². The Balaban J connectivity index is 1.60. The summed E-state index contributed by atoms with van der Waals surface area (Å²) >= 11 is 2.01.